The average molecular weight is 429 g/mol. The number of nitrogens with one attached hydrogen (secondary N) is 1. The third-order valence-corrected chi connectivity index (χ3v) is 5.09. The Morgan fingerprint density at radius 2 is 1.67 bits per heavy atom. The van der Waals surface area contributed by atoms with Crippen molar-refractivity contribution in [2.45, 2.75) is 9.79 Å². The zero-order valence-corrected chi connectivity index (χ0v) is 15.9. The Morgan fingerprint density at radius 1 is 0.933 bits per heavy atom. The summed E-state index contributed by atoms with van der Waals surface area (Å²) in [7, 11) is 0. The minimum absolute atomic E-state index is 0.0588. The lowest BCUT2D eigenvalue weighted by Gasteiger charge is -2.11. The molecule has 0 aliphatic rings. The number of non-ortho nitro benzene ring substituents is 1. The third kappa shape index (κ3) is 4.61. The zero-order valence-electron chi connectivity index (χ0n) is 15.1. The van der Waals surface area contributed by atoms with Crippen molar-refractivity contribution < 1.29 is 23.3 Å². The molecule has 0 aliphatic heterocycles. The first-order chi connectivity index (χ1) is 14.3. The number of benzene rings is 3. The van der Waals surface area contributed by atoms with Crippen molar-refractivity contribution in [3.05, 3.63) is 93.5 Å². The Hall–Kier alpha value is -3.79. The number of hydrogen-bond donors (Lipinski definition) is 2. The smallest absolute Gasteiger partial charge is 0.270 e. The normalized spacial score (nSPS) is 10.5. The predicted octanol–water partition coefficient (Wildman–Crippen LogP) is 4.38. The van der Waals surface area contributed by atoms with Crippen molar-refractivity contribution in [2.24, 2.45) is 5.73 Å². The molecule has 10 heteroatoms. The zero-order chi connectivity index (χ0) is 21.8. The van der Waals surface area contributed by atoms with Gasteiger partial charge < -0.3 is 11.1 Å². The lowest BCUT2D eigenvalue weighted by Crippen LogP contribution is -2.16. The lowest BCUT2D eigenvalue weighted by molar-refractivity contribution is -0.384. The number of nitrogens with two attached hydrogens (primary N) is 1. The molecule has 0 unspecified atom stereocenters. The van der Waals surface area contributed by atoms with E-state index in [0.717, 1.165) is 30.0 Å². The van der Waals surface area contributed by atoms with Gasteiger partial charge in [0.2, 0.25) is 0 Å². The second-order valence-corrected chi connectivity index (χ2v) is 7.07. The second kappa shape index (κ2) is 8.70. The van der Waals surface area contributed by atoms with Gasteiger partial charge in [-0.1, -0.05) is 23.9 Å². The Balaban J connectivity index is 1.98. The van der Waals surface area contributed by atoms with Crippen LogP contribution in [0.4, 0.5) is 20.2 Å². The van der Waals surface area contributed by atoms with E-state index in [1.54, 1.807) is 6.07 Å². The number of carbonyl (C=O) groups excluding carboxylic acids is 2. The van der Waals surface area contributed by atoms with Gasteiger partial charge in [-0.05, 0) is 36.4 Å². The second-order valence-electron chi connectivity index (χ2n) is 5.98. The molecular weight excluding hydrogens is 416 g/mol. The van der Waals surface area contributed by atoms with Crippen LogP contribution in [-0.4, -0.2) is 16.7 Å². The highest BCUT2D eigenvalue weighted by Gasteiger charge is 2.19. The molecule has 0 saturated heterocycles. The van der Waals surface area contributed by atoms with Crippen molar-refractivity contribution in [2.75, 3.05) is 5.32 Å². The summed E-state index contributed by atoms with van der Waals surface area (Å²) in [4.78, 5) is 35.0. The molecule has 0 aliphatic carbocycles. The summed E-state index contributed by atoms with van der Waals surface area (Å²) >= 11 is 0.918. The monoisotopic (exact) mass is 429 g/mol. The minimum atomic E-state index is -1.02. The fraction of sp³-hybridized carbons (Fsp3) is 0. The topological polar surface area (TPSA) is 115 Å². The first-order valence-electron chi connectivity index (χ1n) is 8.38. The summed E-state index contributed by atoms with van der Waals surface area (Å²) in [5, 5.41) is 13.6. The van der Waals surface area contributed by atoms with Crippen LogP contribution in [0.5, 0.6) is 0 Å². The van der Waals surface area contributed by atoms with E-state index in [2.05, 4.69) is 5.32 Å². The first-order valence-corrected chi connectivity index (χ1v) is 9.19. The number of nitro groups is 1. The lowest BCUT2D eigenvalue weighted by atomic mass is 10.1. The Morgan fingerprint density at radius 3 is 2.33 bits per heavy atom. The van der Waals surface area contributed by atoms with E-state index < -0.39 is 33.9 Å². The molecular formula is C20H13F2N3O4S. The molecule has 152 valence electrons. The summed E-state index contributed by atoms with van der Waals surface area (Å²) in [6.45, 7) is 0. The van der Waals surface area contributed by atoms with Crippen LogP contribution in [-0.2, 0) is 0 Å². The van der Waals surface area contributed by atoms with Crippen molar-refractivity contribution in [1.29, 1.82) is 0 Å². The molecule has 3 aromatic carbocycles. The number of carbonyl (C=O) groups is 2. The van der Waals surface area contributed by atoms with E-state index in [-0.39, 0.29) is 26.7 Å². The highest BCUT2D eigenvalue weighted by Crippen LogP contribution is 2.34. The average Bonchev–Trinajstić information content (AvgIpc) is 2.71. The van der Waals surface area contributed by atoms with Crippen LogP contribution >= 0.6 is 11.8 Å². The summed E-state index contributed by atoms with van der Waals surface area (Å²) in [5.41, 5.74) is 4.30. The molecule has 30 heavy (non-hydrogen) atoms. The van der Waals surface area contributed by atoms with Crippen LogP contribution < -0.4 is 11.1 Å². The van der Waals surface area contributed by atoms with E-state index in [0.29, 0.717) is 0 Å². The number of halogens is 2. The maximum Gasteiger partial charge on any atom is 0.270 e. The van der Waals surface area contributed by atoms with Gasteiger partial charge in [0.25, 0.3) is 17.5 Å². The summed E-state index contributed by atoms with van der Waals surface area (Å²) < 4.78 is 27.7. The van der Waals surface area contributed by atoms with Crippen LogP contribution in [0, 0.1) is 21.7 Å². The molecule has 3 N–H and O–H groups in total. The Bertz CT molecular complexity index is 1170. The molecule has 2 amide bonds. The van der Waals surface area contributed by atoms with Gasteiger partial charge in [0.15, 0.2) is 0 Å². The number of anilines is 1. The molecule has 0 fully saturated rings. The minimum Gasteiger partial charge on any atom is -0.366 e. The summed E-state index contributed by atoms with van der Waals surface area (Å²) in [6.07, 6.45) is 0. The number of nitrogens with zero attached hydrogens (tertiary/aromatic N) is 1. The van der Waals surface area contributed by atoms with Crippen molar-refractivity contribution in [3.63, 3.8) is 0 Å². The molecule has 0 saturated carbocycles. The van der Waals surface area contributed by atoms with Gasteiger partial charge >= 0.3 is 0 Å². The maximum absolute atomic E-state index is 14.0. The number of amides is 2. The highest BCUT2D eigenvalue weighted by atomic mass is 32.2. The van der Waals surface area contributed by atoms with Gasteiger partial charge in [-0.2, -0.15) is 0 Å². The van der Waals surface area contributed by atoms with Crippen molar-refractivity contribution >= 4 is 35.0 Å². The van der Waals surface area contributed by atoms with Crippen LogP contribution in [0.15, 0.2) is 70.5 Å². The predicted molar refractivity (Wildman–Crippen MR) is 106 cm³/mol. The van der Waals surface area contributed by atoms with Crippen molar-refractivity contribution in [1.82, 2.24) is 0 Å². The van der Waals surface area contributed by atoms with E-state index in [9.17, 15) is 28.5 Å². The fourth-order valence-corrected chi connectivity index (χ4v) is 3.48. The molecule has 3 rings (SSSR count). The molecule has 0 bridgehead atoms. The number of nitro benzene ring substituents is 1. The van der Waals surface area contributed by atoms with E-state index in [4.69, 9.17) is 5.73 Å². The van der Waals surface area contributed by atoms with Gasteiger partial charge in [0.1, 0.15) is 11.6 Å². The van der Waals surface area contributed by atoms with Gasteiger partial charge in [0.05, 0.1) is 16.1 Å². The van der Waals surface area contributed by atoms with Crippen LogP contribution in [0.1, 0.15) is 20.7 Å². The standard InChI is InChI=1S/C20H13F2N3O4S/c21-15-7-5-11(9-13(15)19(23)26)24-20(27)14-10-12(25(28)29)6-8-17(14)30-18-4-2-1-3-16(18)22/h1-10H,(H2,23,26)(H,24,27). The van der Waals surface area contributed by atoms with E-state index in [1.807, 2.05) is 0 Å². The summed E-state index contributed by atoms with van der Waals surface area (Å²) in [6, 6.07) is 12.7. The highest BCUT2D eigenvalue weighted by molar-refractivity contribution is 7.99. The maximum atomic E-state index is 14.0. The molecule has 0 spiro atoms. The number of primary amides is 1. The van der Waals surface area contributed by atoms with Gasteiger partial charge in [0, 0.05) is 27.6 Å². The Kier molecular flexibility index (Phi) is 6.07. The third-order valence-electron chi connectivity index (χ3n) is 3.96. The number of hydrogen-bond acceptors (Lipinski definition) is 5. The quantitative estimate of drug-likeness (QED) is 0.446. The SMILES string of the molecule is NC(=O)c1cc(NC(=O)c2cc([N+](=O)[O-])ccc2Sc2ccccc2F)ccc1F. The van der Waals surface area contributed by atoms with Crippen molar-refractivity contribution in [3.8, 4) is 0 Å². The van der Waals surface area contributed by atoms with Gasteiger partial charge in [-0.25, -0.2) is 8.78 Å². The molecule has 0 atom stereocenters. The first kappa shape index (κ1) is 20.9. The molecule has 0 heterocycles. The van der Waals surface area contributed by atoms with Gasteiger partial charge in [-0.15, -0.1) is 0 Å². The molecule has 7 nitrogen and oxygen atoms in total. The van der Waals surface area contributed by atoms with E-state index in [1.165, 1.54) is 36.4 Å². The molecule has 0 aromatic heterocycles. The fourth-order valence-electron chi connectivity index (χ4n) is 2.53. The van der Waals surface area contributed by atoms with Crippen LogP contribution in [0.25, 0.3) is 0 Å². The largest absolute Gasteiger partial charge is 0.366 e. The molecule has 3 aromatic rings. The van der Waals surface area contributed by atoms with E-state index >= 15 is 0 Å². The Labute approximate surface area is 173 Å². The van der Waals surface area contributed by atoms with Crippen LogP contribution in [0.2, 0.25) is 0 Å². The van der Waals surface area contributed by atoms with Gasteiger partial charge in [-0.3, -0.25) is 19.7 Å². The molecule has 0 radical (unpaired) electrons. The number of rotatable bonds is 6. The summed E-state index contributed by atoms with van der Waals surface area (Å²) in [5.74, 6) is -3.15. The van der Waals surface area contributed by atoms with Crippen LogP contribution in [0.3, 0.4) is 0 Å².